The molecule has 0 spiro atoms. The molecule has 0 atom stereocenters. The smallest absolute Gasteiger partial charge is 0.324 e. The molecule has 0 aliphatic rings. The molecule has 0 fully saturated rings. The molecule has 0 unspecified atom stereocenters. The minimum absolute atomic E-state index is 0.201. The van der Waals surface area contributed by atoms with Crippen molar-refractivity contribution in [3.05, 3.63) is 23.5 Å². The molecule has 0 amide bonds. The molecular weight excluding hydrogens is 234 g/mol. The van der Waals surface area contributed by atoms with Gasteiger partial charge in [-0.15, -0.1) is 4.98 Å². The summed E-state index contributed by atoms with van der Waals surface area (Å²) in [5.41, 5.74) is 5.16. The van der Waals surface area contributed by atoms with Gasteiger partial charge in [0.2, 0.25) is 0 Å². The molecule has 0 bridgehead atoms. The molecule has 18 heavy (non-hydrogen) atoms. The van der Waals surface area contributed by atoms with Crippen LogP contribution in [-0.4, -0.2) is 33.8 Å². The molecule has 1 N–H and O–H groups in total. The fourth-order valence-corrected chi connectivity index (χ4v) is 1.52. The van der Waals surface area contributed by atoms with Crippen molar-refractivity contribution in [1.29, 1.82) is 0 Å². The lowest BCUT2D eigenvalue weighted by Crippen LogP contribution is -2.15. The van der Waals surface area contributed by atoms with E-state index in [1.54, 1.807) is 0 Å². The Bertz CT molecular complexity index is 511. The fraction of sp³-hybridized carbons (Fsp3) is 0.364. The Balaban J connectivity index is 2.34. The number of aromatic nitrogens is 4. The highest BCUT2D eigenvalue weighted by atomic mass is 16.5. The first-order valence-corrected chi connectivity index (χ1v) is 5.40. The van der Waals surface area contributed by atoms with Gasteiger partial charge in [0.25, 0.3) is 5.95 Å². The van der Waals surface area contributed by atoms with Crippen molar-refractivity contribution in [1.82, 2.24) is 19.6 Å². The van der Waals surface area contributed by atoms with Crippen molar-refractivity contribution in [3.8, 4) is 12.0 Å². The topological polar surface area (TPSA) is 74.1 Å². The molecule has 0 aliphatic carbocycles. The van der Waals surface area contributed by atoms with Crippen molar-refractivity contribution in [2.24, 2.45) is 0 Å². The van der Waals surface area contributed by atoms with E-state index in [4.69, 9.17) is 9.47 Å². The van der Waals surface area contributed by atoms with E-state index in [0.29, 0.717) is 5.95 Å². The van der Waals surface area contributed by atoms with Crippen LogP contribution in [0, 0.1) is 13.8 Å². The monoisotopic (exact) mass is 249 g/mol. The fourth-order valence-electron chi connectivity index (χ4n) is 1.52. The lowest BCUT2D eigenvalue weighted by atomic mass is 10.5. The molecule has 2 rings (SSSR count). The van der Waals surface area contributed by atoms with Crippen LogP contribution >= 0.6 is 0 Å². The molecule has 0 saturated carbocycles. The second kappa shape index (κ2) is 4.91. The van der Waals surface area contributed by atoms with Crippen LogP contribution in [-0.2, 0) is 0 Å². The molecule has 2 heterocycles. The lowest BCUT2D eigenvalue weighted by molar-refractivity contribution is 0.341. The maximum atomic E-state index is 4.99. The Kier molecular flexibility index (Phi) is 3.31. The van der Waals surface area contributed by atoms with Gasteiger partial charge in [0.1, 0.15) is 0 Å². The van der Waals surface area contributed by atoms with Gasteiger partial charge in [0, 0.05) is 11.4 Å². The second-order valence-electron chi connectivity index (χ2n) is 3.70. The molecule has 0 radical (unpaired) electrons. The SMILES string of the molecule is COc1nc(Nn2c(C)ccc2C)nc(OC)n1. The van der Waals surface area contributed by atoms with E-state index in [2.05, 4.69) is 20.4 Å². The molecule has 0 aromatic carbocycles. The van der Waals surface area contributed by atoms with Gasteiger partial charge in [-0.2, -0.15) is 9.97 Å². The summed E-state index contributed by atoms with van der Waals surface area (Å²) in [5.74, 6) is 0.362. The van der Waals surface area contributed by atoms with E-state index < -0.39 is 0 Å². The minimum atomic E-state index is 0.201. The zero-order chi connectivity index (χ0) is 13.1. The third-order valence-electron chi connectivity index (χ3n) is 2.44. The number of hydrogen-bond donors (Lipinski definition) is 1. The van der Waals surface area contributed by atoms with Crippen LogP contribution in [0.1, 0.15) is 11.4 Å². The van der Waals surface area contributed by atoms with Crippen molar-refractivity contribution in [2.45, 2.75) is 13.8 Å². The second-order valence-corrected chi connectivity index (χ2v) is 3.70. The quantitative estimate of drug-likeness (QED) is 0.877. The van der Waals surface area contributed by atoms with Crippen molar-refractivity contribution < 1.29 is 9.47 Å². The highest BCUT2D eigenvalue weighted by Crippen LogP contribution is 2.14. The van der Waals surface area contributed by atoms with Crippen molar-refractivity contribution >= 4 is 5.95 Å². The third-order valence-corrected chi connectivity index (χ3v) is 2.44. The third kappa shape index (κ3) is 2.34. The largest absolute Gasteiger partial charge is 0.467 e. The number of anilines is 1. The van der Waals surface area contributed by atoms with Gasteiger partial charge in [0.15, 0.2) is 0 Å². The van der Waals surface area contributed by atoms with Gasteiger partial charge in [-0.1, -0.05) is 0 Å². The van der Waals surface area contributed by atoms with E-state index in [1.807, 2.05) is 30.7 Å². The Labute approximate surface area is 105 Å². The number of methoxy groups -OCH3 is 2. The number of hydrogen-bond acceptors (Lipinski definition) is 6. The summed E-state index contributed by atoms with van der Waals surface area (Å²) in [7, 11) is 2.98. The van der Waals surface area contributed by atoms with Gasteiger partial charge in [-0.25, -0.2) is 0 Å². The van der Waals surface area contributed by atoms with E-state index in [1.165, 1.54) is 14.2 Å². The Morgan fingerprint density at radius 2 is 1.44 bits per heavy atom. The first kappa shape index (κ1) is 12.2. The number of nitrogens with one attached hydrogen (secondary N) is 1. The zero-order valence-corrected chi connectivity index (χ0v) is 10.8. The molecular formula is C11H15N5O2. The predicted molar refractivity (Wildman–Crippen MR) is 65.9 cm³/mol. The standard InChI is InChI=1S/C11H15N5O2/c1-7-5-6-8(2)16(7)15-9-12-10(17-3)14-11(13-9)18-4/h5-6H,1-4H3,(H,12,13,14,15). The first-order valence-electron chi connectivity index (χ1n) is 5.40. The zero-order valence-electron chi connectivity index (χ0n) is 10.8. The molecule has 0 aliphatic heterocycles. The van der Waals surface area contributed by atoms with Gasteiger partial charge >= 0.3 is 12.0 Å². The van der Waals surface area contributed by atoms with Crippen LogP contribution in [0.5, 0.6) is 12.0 Å². The number of ether oxygens (including phenoxy) is 2. The van der Waals surface area contributed by atoms with E-state index >= 15 is 0 Å². The molecule has 2 aromatic heterocycles. The van der Waals surface area contributed by atoms with Crippen LogP contribution in [0.15, 0.2) is 12.1 Å². The molecule has 7 heteroatoms. The predicted octanol–water partition coefficient (Wildman–Crippen LogP) is 1.18. The average Bonchev–Trinajstić information content (AvgIpc) is 2.70. The van der Waals surface area contributed by atoms with Gasteiger partial charge in [-0.3, -0.25) is 10.1 Å². The Morgan fingerprint density at radius 1 is 0.944 bits per heavy atom. The molecule has 7 nitrogen and oxygen atoms in total. The maximum absolute atomic E-state index is 4.99. The lowest BCUT2D eigenvalue weighted by Gasteiger charge is -2.11. The van der Waals surface area contributed by atoms with E-state index in [0.717, 1.165) is 11.4 Å². The van der Waals surface area contributed by atoms with Crippen LogP contribution < -0.4 is 14.9 Å². The van der Waals surface area contributed by atoms with Crippen LogP contribution in [0.2, 0.25) is 0 Å². The van der Waals surface area contributed by atoms with Gasteiger partial charge < -0.3 is 9.47 Å². The Hall–Kier alpha value is -2.31. The van der Waals surface area contributed by atoms with Gasteiger partial charge in [0.05, 0.1) is 14.2 Å². The van der Waals surface area contributed by atoms with Gasteiger partial charge in [-0.05, 0) is 26.0 Å². The maximum Gasteiger partial charge on any atom is 0.324 e. The Morgan fingerprint density at radius 3 is 1.89 bits per heavy atom. The molecule has 0 saturated heterocycles. The highest BCUT2D eigenvalue weighted by Gasteiger charge is 2.08. The summed E-state index contributed by atoms with van der Waals surface area (Å²) in [6.45, 7) is 3.96. The van der Waals surface area contributed by atoms with Crippen LogP contribution in [0.3, 0.4) is 0 Å². The summed E-state index contributed by atoms with van der Waals surface area (Å²) in [6.07, 6.45) is 0. The average molecular weight is 249 g/mol. The van der Waals surface area contributed by atoms with Crippen LogP contribution in [0.25, 0.3) is 0 Å². The van der Waals surface area contributed by atoms with E-state index in [9.17, 15) is 0 Å². The van der Waals surface area contributed by atoms with Crippen molar-refractivity contribution in [2.75, 3.05) is 19.6 Å². The van der Waals surface area contributed by atoms with E-state index in [-0.39, 0.29) is 12.0 Å². The summed E-state index contributed by atoms with van der Waals surface area (Å²) in [6, 6.07) is 4.40. The highest BCUT2D eigenvalue weighted by molar-refractivity contribution is 5.30. The molecule has 96 valence electrons. The molecule has 2 aromatic rings. The normalized spacial score (nSPS) is 10.2. The number of aryl methyl sites for hydroxylation is 2. The number of rotatable bonds is 4. The first-order chi connectivity index (χ1) is 8.63. The summed E-state index contributed by atoms with van der Waals surface area (Å²) < 4.78 is 11.8. The number of nitrogens with zero attached hydrogens (tertiary/aromatic N) is 4. The van der Waals surface area contributed by atoms with Crippen molar-refractivity contribution in [3.63, 3.8) is 0 Å². The van der Waals surface area contributed by atoms with Crippen LogP contribution in [0.4, 0.5) is 5.95 Å². The minimum Gasteiger partial charge on any atom is -0.467 e. The summed E-state index contributed by atoms with van der Waals surface area (Å²) in [4.78, 5) is 12.1. The summed E-state index contributed by atoms with van der Waals surface area (Å²) in [5, 5.41) is 0. The summed E-state index contributed by atoms with van der Waals surface area (Å²) >= 11 is 0.